The van der Waals surface area contributed by atoms with Crippen molar-refractivity contribution in [2.45, 2.75) is 13.1 Å². The number of aromatic hydroxyl groups is 1. The summed E-state index contributed by atoms with van der Waals surface area (Å²) in [6, 6.07) is 13.8. The first kappa shape index (κ1) is 13.1. The van der Waals surface area contributed by atoms with E-state index in [0.717, 1.165) is 11.1 Å². The Morgan fingerprint density at radius 1 is 1.00 bits per heavy atom. The summed E-state index contributed by atoms with van der Waals surface area (Å²) >= 11 is 0. The topological polar surface area (TPSA) is 69.6 Å². The highest BCUT2D eigenvalue weighted by Gasteiger charge is 2.01. The number of rotatable bonds is 5. The molecular formula is C15H15NO3. The van der Waals surface area contributed by atoms with Crippen molar-refractivity contribution < 1.29 is 15.0 Å². The molecule has 98 valence electrons. The third-order valence-electron chi connectivity index (χ3n) is 2.77. The summed E-state index contributed by atoms with van der Waals surface area (Å²) in [5.74, 6) is -0.663. The van der Waals surface area contributed by atoms with Crippen LogP contribution in [0.4, 0.5) is 0 Å². The molecule has 0 aliphatic carbocycles. The number of nitrogens with one attached hydrogen (secondary N) is 1. The summed E-state index contributed by atoms with van der Waals surface area (Å²) in [5, 5.41) is 21.4. The number of carboxylic acids is 1. The molecule has 0 saturated heterocycles. The van der Waals surface area contributed by atoms with Crippen LogP contribution in [-0.4, -0.2) is 16.2 Å². The first-order valence-corrected chi connectivity index (χ1v) is 5.96. The Morgan fingerprint density at radius 3 is 2.32 bits per heavy atom. The van der Waals surface area contributed by atoms with Crippen LogP contribution in [0.5, 0.6) is 5.75 Å². The van der Waals surface area contributed by atoms with E-state index in [2.05, 4.69) is 5.32 Å². The van der Waals surface area contributed by atoms with Crippen molar-refractivity contribution >= 4 is 5.97 Å². The summed E-state index contributed by atoms with van der Waals surface area (Å²) in [7, 11) is 0. The van der Waals surface area contributed by atoms with E-state index in [0.29, 0.717) is 13.1 Å². The number of phenolic OH excluding ortho intramolecular Hbond substituents is 1. The van der Waals surface area contributed by atoms with E-state index in [9.17, 15) is 9.90 Å². The number of carbonyl (C=O) groups is 1. The number of hydrogen-bond acceptors (Lipinski definition) is 3. The molecule has 0 heterocycles. The number of aromatic carboxylic acids is 1. The number of hydrogen-bond donors (Lipinski definition) is 3. The van der Waals surface area contributed by atoms with Crippen molar-refractivity contribution in [3.05, 3.63) is 65.2 Å². The van der Waals surface area contributed by atoms with Crippen molar-refractivity contribution in [2.24, 2.45) is 0 Å². The lowest BCUT2D eigenvalue weighted by Gasteiger charge is -2.06. The Morgan fingerprint density at radius 2 is 1.68 bits per heavy atom. The molecule has 2 aromatic rings. The second-order valence-corrected chi connectivity index (χ2v) is 4.28. The normalized spacial score (nSPS) is 10.3. The Hall–Kier alpha value is -2.33. The van der Waals surface area contributed by atoms with Crippen molar-refractivity contribution in [3.63, 3.8) is 0 Å². The van der Waals surface area contributed by atoms with Crippen molar-refractivity contribution in [1.82, 2.24) is 5.32 Å². The zero-order chi connectivity index (χ0) is 13.7. The SMILES string of the molecule is O=C(O)c1ccc(CNCc2cccc(O)c2)cc1. The van der Waals surface area contributed by atoms with E-state index in [-0.39, 0.29) is 11.3 Å². The molecule has 0 amide bonds. The van der Waals surface area contributed by atoms with Gasteiger partial charge < -0.3 is 15.5 Å². The van der Waals surface area contributed by atoms with Crippen molar-refractivity contribution in [2.75, 3.05) is 0 Å². The fourth-order valence-corrected chi connectivity index (χ4v) is 1.78. The maximum absolute atomic E-state index is 10.7. The summed E-state index contributed by atoms with van der Waals surface area (Å²) in [6.07, 6.45) is 0. The van der Waals surface area contributed by atoms with Crippen LogP contribution in [0.3, 0.4) is 0 Å². The Balaban J connectivity index is 1.87. The predicted octanol–water partition coefficient (Wildman–Crippen LogP) is 2.38. The second kappa shape index (κ2) is 6.02. The fourth-order valence-electron chi connectivity index (χ4n) is 1.78. The lowest BCUT2D eigenvalue weighted by Crippen LogP contribution is -2.12. The van der Waals surface area contributed by atoms with Gasteiger partial charge in [0.15, 0.2) is 0 Å². The molecule has 0 spiro atoms. The van der Waals surface area contributed by atoms with Gasteiger partial charge in [0, 0.05) is 13.1 Å². The van der Waals surface area contributed by atoms with Gasteiger partial charge in [-0.2, -0.15) is 0 Å². The van der Waals surface area contributed by atoms with Gasteiger partial charge in [0.05, 0.1) is 5.56 Å². The molecular weight excluding hydrogens is 242 g/mol. The number of carboxylic acid groups (broad SMARTS) is 1. The predicted molar refractivity (Wildman–Crippen MR) is 72.1 cm³/mol. The minimum Gasteiger partial charge on any atom is -0.508 e. The van der Waals surface area contributed by atoms with Gasteiger partial charge in [-0.3, -0.25) is 0 Å². The van der Waals surface area contributed by atoms with Gasteiger partial charge in [-0.05, 0) is 35.4 Å². The number of benzene rings is 2. The Bertz CT molecular complexity index is 564. The van der Waals surface area contributed by atoms with E-state index in [1.807, 2.05) is 6.07 Å². The molecule has 19 heavy (non-hydrogen) atoms. The summed E-state index contributed by atoms with van der Waals surface area (Å²) < 4.78 is 0. The van der Waals surface area contributed by atoms with Gasteiger partial charge >= 0.3 is 5.97 Å². The van der Waals surface area contributed by atoms with E-state index in [1.165, 1.54) is 0 Å². The molecule has 2 rings (SSSR count). The molecule has 3 N–H and O–H groups in total. The maximum atomic E-state index is 10.7. The van der Waals surface area contributed by atoms with Gasteiger partial charge in [-0.15, -0.1) is 0 Å². The van der Waals surface area contributed by atoms with Gasteiger partial charge in [-0.25, -0.2) is 4.79 Å². The van der Waals surface area contributed by atoms with E-state index >= 15 is 0 Å². The molecule has 0 aromatic heterocycles. The minimum atomic E-state index is -0.917. The molecule has 0 radical (unpaired) electrons. The van der Waals surface area contributed by atoms with Gasteiger partial charge in [0.2, 0.25) is 0 Å². The van der Waals surface area contributed by atoms with Crippen LogP contribution >= 0.6 is 0 Å². The summed E-state index contributed by atoms with van der Waals surface area (Å²) in [6.45, 7) is 1.30. The van der Waals surface area contributed by atoms with Crippen LogP contribution in [0, 0.1) is 0 Å². The van der Waals surface area contributed by atoms with Crippen molar-refractivity contribution in [3.8, 4) is 5.75 Å². The van der Waals surface area contributed by atoms with Crippen LogP contribution in [0.15, 0.2) is 48.5 Å². The molecule has 0 bridgehead atoms. The summed E-state index contributed by atoms with van der Waals surface area (Å²) in [5.41, 5.74) is 2.31. The van der Waals surface area contributed by atoms with Gasteiger partial charge in [0.25, 0.3) is 0 Å². The fraction of sp³-hybridized carbons (Fsp3) is 0.133. The molecule has 0 fully saturated rings. The smallest absolute Gasteiger partial charge is 0.335 e. The van der Waals surface area contributed by atoms with Gasteiger partial charge in [-0.1, -0.05) is 24.3 Å². The highest BCUT2D eigenvalue weighted by atomic mass is 16.4. The minimum absolute atomic E-state index is 0.255. The quantitative estimate of drug-likeness (QED) is 0.769. The highest BCUT2D eigenvalue weighted by Crippen LogP contribution is 2.11. The van der Waals surface area contributed by atoms with Crippen molar-refractivity contribution in [1.29, 1.82) is 0 Å². The number of phenols is 1. The maximum Gasteiger partial charge on any atom is 0.335 e. The van der Waals surface area contributed by atoms with E-state index in [1.54, 1.807) is 42.5 Å². The van der Waals surface area contributed by atoms with Crippen LogP contribution in [0.1, 0.15) is 21.5 Å². The van der Waals surface area contributed by atoms with E-state index < -0.39 is 5.97 Å². The molecule has 0 aliphatic rings. The first-order chi connectivity index (χ1) is 9.15. The third-order valence-corrected chi connectivity index (χ3v) is 2.77. The highest BCUT2D eigenvalue weighted by molar-refractivity contribution is 5.87. The molecule has 2 aromatic carbocycles. The Kier molecular flexibility index (Phi) is 4.15. The third kappa shape index (κ3) is 3.82. The summed E-state index contributed by atoms with van der Waals surface area (Å²) in [4.78, 5) is 10.7. The van der Waals surface area contributed by atoms with E-state index in [4.69, 9.17) is 5.11 Å². The van der Waals surface area contributed by atoms with Gasteiger partial charge in [0.1, 0.15) is 5.75 Å². The van der Waals surface area contributed by atoms with Crippen LogP contribution in [0.25, 0.3) is 0 Å². The lowest BCUT2D eigenvalue weighted by molar-refractivity contribution is 0.0697. The molecule has 4 heteroatoms. The zero-order valence-electron chi connectivity index (χ0n) is 10.3. The first-order valence-electron chi connectivity index (χ1n) is 5.96. The lowest BCUT2D eigenvalue weighted by atomic mass is 10.1. The standard InChI is InChI=1S/C15H15NO3/c17-14-3-1-2-12(8-14)10-16-9-11-4-6-13(7-5-11)15(18)19/h1-8,16-17H,9-10H2,(H,18,19). The molecule has 0 saturated carbocycles. The molecule has 0 atom stereocenters. The largest absolute Gasteiger partial charge is 0.508 e. The van der Waals surface area contributed by atoms with Crippen LogP contribution in [-0.2, 0) is 13.1 Å². The van der Waals surface area contributed by atoms with Crippen LogP contribution in [0.2, 0.25) is 0 Å². The Labute approximate surface area is 111 Å². The van der Waals surface area contributed by atoms with Crippen LogP contribution < -0.4 is 5.32 Å². The average molecular weight is 257 g/mol. The monoisotopic (exact) mass is 257 g/mol. The second-order valence-electron chi connectivity index (χ2n) is 4.28. The average Bonchev–Trinajstić information content (AvgIpc) is 2.39. The molecule has 0 unspecified atom stereocenters. The molecule has 0 aliphatic heterocycles. The molecule has 4 nitrogen and oxygen atoms in total. The zero-order valence-corrected chi connectivity index (χ0v) is 10.3.